The van der Waals surface area contributed by atoms with Gasteiger partial charge in [-0.1, -0.05) is 6.07 Å². The number of hydrogen-bond acceptors (Lipinski definition) is 3. The monoisotopic (exact) mass is 192 g/mol. The molecule has 0 bridgehead atoms. The molecule has 3 nitrogen and oxygen atoms in total. The van der Waals surface area contributed by atoms with E-state index in [0.717, 1.165) is 18.7 Å². The summed E-state index contributed by atoms with van der Waals surface area (Å²) in [7, 11) is 1.77. The molecular formula is C11H16N2O. The Hall–Kier alpha value is -1.09. The Morgan fingerprint density at radius 3 is 2.79 bits per heavy atom. The summed E-state index contributed by atoms with van der Waals surface area (Å²) in [4.78, 5) is 4.30. The van der Waals surface area contributed by atoms with Crippen molar-refractivity contribution in [1.29, 1.82) is 0 Å². The second-order valence-corrected chi connectivity index (χ2v) is 3.89. The molecule has 76 valence electrons. The molecule has 14 heavy (non-hydrogen) atoms. The number of ether oxygens (including phenoxy) is 1. The van der Waals surface area contributed by atoms with E-state index >= 15 is 0 Å². The van der Waals surface area contributed by atoms with Crippen molar-refractivity contribution in [3.05, 3.63) is 23.9 Å². The van der Waals surface area contributed by atoms with Crippen LogP contribution in [0.3, 0.4) is 0 Å². The summed E-state index contributed by atoms with van der Waals surface area (Å²) in [5, 5.41) is 3.38. The van der Waals surface area contributed by atoms with Gasteiger partial charge in [0, 0.05) is 19.3 Å². The molecule has 0 radical (unpaired) electrons. The lowest BCUT2D eigenvalue weighted by atomic mass is 9.89. The molecule has 1 aliphatic rings. The van der Waals surface area contributed by atoms with Gasteiger partial charge in [0.05, 0.1) is 6.10 Å². The fourth-order valence-corrected chi connectivity index (χ4v) is 1.64. The maximum Gasteiger partial charge on any atom is 0.126 e. The number of hydrogen-bond donors (Lipinski definition) is 1. The van der Waals surface area contributed by atoms with Crippen molar-refractivity contribution in [2.75, 3.05) is 12.4 Å². The van der Waals surface area contributed by atoms with Crippen LogP contribution in [0.1, 0.15) is 18.4 Å². The smallest absolute Gasteiger partial charge is 0.126 e. The predicted molar refractivity (Wildman–Crippen MR) is 56.4 cm³/mol. The molecule has 1 fully saturated rings. The van der Waals surface area contributed by atoms with Crippen LogP contribution in [0.5, 0.6) is 0 Å². The Bertz CT molecular complexity index is 291. The first kappa shape index (κ1) is 9.46. The maximum atomic E-state index is 5.21. The van der Waals surface area contributed by atoms with Crippen LogP contribution >= 0.6 is 0 Å². The van der Waals surface area contributed by atoms with Crippen LogP contribution in [0.15, 0.2) is 18.3 Å². The molecular weight excluding hydrogens is 176 g/mol. The molecule has 1 aliphatic carbocycles. The lowest BCUT2D eigenvalue weighted by molar-refractivity contribution is 0.0328. The normalized spacial score (nSPS) is 25.6. The molecule has 0 atom stereocenters. The summed E-state index contributed by atoms with van der Waals surface area (Å²) >= 11 is 0. The van der Waals surface area contributed by atoms with E-state index in [-0.39, 0.29) is 0 Å². The Morgan fingerprint density at radius 1 is 1.43 bits per heavy atom. The van der Waals surface area contributed by atoms with Crippen LogP contribution in [-0.4, -0.2) is 24.2 Å². The quantitative estimate of drug-likeness (QED) is 0.795. The van der Waals surface area contributed by atoms with E-state index in [1.807, 2.05) is 19.2 Å². The summed E-state index contributed by atoms with van der Waals surface area (Å²) in [5.41, 5.74) is 1.19. The van der Waals surface area contributed by atoms with Crippen molar-refractivity contribution < 1.29 is 4.74 Å². The van der Waals surface area contributed by atoms with Gasteiger partial charge in [-0.3, -0.25) is 0 Å². The Balaban J connectivity index is 1.84. The molecule has 0 aliphatic heterocycles. The zero-order valence-corrected chi connectivity index (χ0v) is 8.66. The fraction of sp³-hybridized carbons (Fsp3) is 0.545. The van der Waals surface area contributed by atoms with E-state index in [4.69, 9.17) is 4.74 Å². The lowest BCUT2D eigenvalue weighted by Gasteiger charge is -2.34. The first-order chi connectivity index (χ1) is 6.78. The minimum absolute atomic E-state index is 0.443. The fourth-order valence-electron chi connectivity index (χ4n) is 1.64. The lowest BCUT2D eigenvalue weighted by Crippen LogP contribution is -2.40. The SMILES string of the molecule is COC1CC(Nc2ccc(C)cn2)C1. The standard InChI is InChI=1S/C11H16N2O/c1-8-3-4-11(12-7-8)13-9-5-10(6-9)14-2/h3-4,7,9-10H,5-6H2,1-2H3,(H,12,13). The molecule has 1 N–H and O–H groups in total. The van der Waals surface area contributed by atoms with Crippen molar-refractivity contribution in [2.45, 2.75) is 31.9 Å². The summed E-state index contributed by atoms with van der Waals surface area (Å²) in [6.07, 6.45) is 4.50. The molecule has 0 saturated heterocycles. The number of pyridine rings is 1. The van der Waals surface area contributed by atoms with Crippen LogP contribution in [0.2, 0.25) is 0 Å². The van der Waals surface area contributed by atoms with E-state index in [1.54, 1.807) is 7.11 Å². The Labute approximate surface area is 84.5 Å². The van der Waals surface area contributed by atoms with Crippen molar-refractivity contribution in [3.63, 3.8) is 0 Å². The average Bonchev–Trinajstić information content (AvgIpc) is 2.13. The average molecular weight is 192 g/mol. The highest BCUT2D eigenvalue weighted by atomic mass is 16.5. The topological polar surface area (TPSA) is 34.1 Å². The van der Waals surface area contributed by atoms with Gasteiger partial charge in [-0.2, -0.15) is 0 Å². The van der Waals surface area contributed by atoms with Gasteiger partial charge in [0.2, 0.25) is 0 Å². The first-order valence-electron chi connectivity index (χ1n) is 5.00. The third-order valence-corrected chi connectivity index (χ3v) is 2.69. The zero-order valence-electron chi connectivity index (χ0n) is 8.66. The second-order valence-electron chi connectivity index (χ2n) is 3.89. The number of nitrogens with zero attached hydrogens (tertiary/aromatic N) is 1. The van der Waals surface area contributed by atoms with Crippen LogP contribution < -0.4 is 5.32 Å². The largest absolute Gasteiger partial charge is 0.381 e. The number of aromatic nitrogens is 1. The van der Waals surface area contributed by atoms with Crippen molar-refractivity contribution in [2.24, 2.45) is 0 Å². The van der Waals surface area contributed by atoms with E-state index in [1.165, 1.54) is 5.56 Å². The number of aryl methyl sites for hydroxylation is 1. The molecule has 1 saturated carbocycles. The third-order valence-electron chi connectivity index (χ3n) is 2.69. The predicted octanol–water partition coefficient (Wildman–Crippen LogP) is 1.98. The summed E-state index contributed by atoms with van der Waals surface area (Å²) < 4.78 is 5.21. The summed E-state index contributed by atoms with van der Waals surface area (Å²) in [6, 6.07) is 4.63. The van der Waals surface area contributed by atoms with Gasteiger partial charge >= 0.3 is 0 Å². The van der Waals surface area contributed by atoms with Gasteiger partial charge in [-0.05, 0) is 31.4 Å². The molecule has 0 aromatic carbocycles. The number of nitrogens with one attached hydrogen (secondary N) is 1. The van der Waals surface area contributed by atoms with E-state index in [0.29, 0.717) is 12.1 Å². The molecule has 0 unspecified atom stereocenters. The molecule has 3 heteroatoms. The third kappa shape index (κ3) is 2.04. The van der Waals surface area contributed by atoms with Crippen molar-refractivity contribution in [1.82, 2.24) is 4.98 Å². The molecule has 2 rings (SSSR count). The van der Waals surface area contributed by atoms with Gasteiger partial charge in [-0.25, -0.2) is 4.98 Å². The van der Waals surface area contributed by atoms with Gasteiger partial charge in [0.1, 0.15) is 5.82 Å². The van der Waals surface area contributed by atoms with Gasteiger partial charge in [-0.15, -0.1) is 0 Å². The molecule has 1 aromatic heterocycles. The highest BCUT2D eigenvalue weighted by Gasteiger charge is 2.28. The Kier molecular flexibility index (Phi) is 2.68. The van der Waals surface area contributed by atoms with Gasteiger partial charge in [0.15, 0.2) is 0 Å². The highest BCUT2D eigenvalue weighted by Crippen LogP contribution is 2.25. The maximum absolute atomic E-state index is 5.21. The highest BCUT2D eigenvalue weighted by molar-refractivity contribution is 5.37. The summed E-state index contributed by atoms with van der Waals surface area (Å²) in [6.45, 7) is 2.04. The second kappa shape index (κ2) is 3.96. The van der Waals surface area contributed by atoms with Crippen molar-refractivity contribution in [3.8, 4) is 0 Å². The molecule has 0 spiro atoms. The number of rotatable bonds is 3. The first-order valence-corrected chi connectivity index (χ1v) is 5.00. The van der Waals surface area contributed by atoms with Crippen LogP contribution in [0, 0.1) is 6.92 Å². The van der Waals surface area contributed by atoms with Crippen LogP contribution in [0.4, 0.5) is 5.82 Å². The molecule has 0 amide bonds. The zero-order chi connectivity index (χ0) is 9.97. The number of anilines is 1. The Morgan fingerprint density at radius 2 is 2.21 bits per heavy atom. The van der Waals surface area contributed by atoms with Crippen molar-refractivity contribution >= 4 is 5.82 Å². The van der Waals surface area contributed by atoms with E-state index < -0.39 is 0 Å². The van der Waals surface area contributed by atoms with Crippen LogP contribution in [0.25, 0.3) is 0 Å². The molecule has 1 aromatic rings. The molecule has 1 heterocycles. The van der Waals surface area contributed by atoms with E-state index in [9.17, 15) is 0 Å². The minimum atomic E-state index is 0.443. The van der Waals surface area contributed by atoms with Gasteiger partial charge in [0.25, 0.3) is 0 Å². The number of methoxy groups -OCH3 is 1. The van der Waals surface area contributed by atoms with E-state index in [2.05, 4.69) is 16.4 Å². The summed E-state index contributed by atoms with van der Waals surface area (Å²) in [5.74, 6) is 0.968. The van der Waals surface area contributed by atoms with Crippen LogP contribution in [-0.2, 0) is 4.74 Å². The minimum Gasteiger partial charge on any atom is -0.381 e. The van der Waals surface area contributed by atoms with Gasteiger partial charge < -0.3 is 10.1 Å².